The number of amides is 4. The Morgan fingerprint density at radius 3 is 2.39 bits per heavy atom. The maximum Gasteiger partial charge on any atom is 0.319 e. The molecule has 0 aliphatic carbocycles. The van der Waals surface area contributed by atoms with Gasteiger partial charge in [0, 0.05) is 37.8 Å². The molecule has 1 fully saturated rings. The van der Waals surface area contributed by atoms with Crippen molar-refractivity contribution in [2.24, 2.45) is 5.92 Å². The Hall–Kier alpha value is -2.77. The second-order valence-electron chi connectivity index (χ2n) is 8.37. The van der Waals surface area contributed by atoms with Crippen molar-refractivity contribution < 1.29 is 19.1 Å². The summed E-state index contributed by atoms with van der Waals surface area (Å²) in [6.07, 6.45) is 2.42. The monoisotopic (exact) mass is 432 g/mol. The summed E-state index contributed by atoms with van der Waals surface area (Å²) >= 11 is 0. The number of carbonyl (C=O) groups is 3. The first-order valence-electron chi connectivity index (χ1n) is 11.1. The van der Waals surface area contributed by atoms with Crippen molar-refractivity contribution in [1.82, 2.24) is 15.1 Å². The van der Waals surface area contributed by atoms with E-state index in [0.29, 0.717) is 37.5 Å². The molecule has 2 N–H and O–H groups in total. The lowest BCUT2D eigenvalue weighted by atomic mass is 10.0. The number of carbonyl (C=O) groups excluding carboxylic acids is 3. The number of methoxy groups -OCH3 is 1. The number of anilines is 1. The van der Waals surface area contributed by atoms with Gasteiger partial charge in [-0.05, 0) is 43.5 Å². The van der Waals surface area contributed by atoms with E-state index >= 15 is 0 Å². The summed E-state index contributed by atoms with van der Waals surface area (Å²) in [5.41, 5.74) is 0.612. The third-order valence-corrected chi connectivity index (χ3v) is 5.57. The number of rotatable bonds is 8. The van der Waals surface area contributed by atoms with Crippen LogP contribution in [0, 0.1) is 5.92 Å². The molecule has 0 saturated carbocycles. The van der Waals surface area contributed by atoms with Gasteiger partial charge in [0.2, 0.25) is 11.8 Å². The van der Waals surface area contributed by atoms with Crippen molar-refractivity contribution in [3.8, 4) is 5.75 Å². The van der Waals surface area contributed by atoms with Crippen molar-refractivity contribution in [3.63, 3.8) is 0 Å². The predicted molar refractivity (Wildman–Crippen MR) is 121 cm³/mol. The minimum Gasteiger partial charge on any atom is -0.497 e. The molecule has 2 rings (SSSR count). The highest BCUT2D eigenvalue weighted by atomic mass is 16.5. The Balaban J connectivity index is 1.95. The largest absolute Gasteiger partial charge is 0.497 e. The highest BCUT2D eigenvalue weighted by Gasteiger charge is 2.34. The van der Waals surface area contributed by atoms with E-state index in [9.17, 15) is 14.4 Å². The van der Waals surface area contributed by atoms with Gasteiger partial charge < -0.3 is 25.2 Å². The number of hydrogen-bond acceptors (Lipinski definition) is 4. The van der Waals surface area contributed by atoms with E-state index < -0.39 is 12.1 Å². The molecule has 0 bridgehead atoms. The zero-order valence-corrected chi connectivity index (χ0v) is 19.3. The standard InChI is InChI=1S/C23H36N4O4/c1-6-7-8-20(28)27-14-13-26(15-17(27)4)22(29)21(16(2)3)25-23(30)24-18-9-11-19(31-5)12-10-18/h9-12,16-17,21H,6-8,13-15H2,1-5H3,(H2,24,25,30). The van der Waals surface area contributed by atoms with E-state index in [2.05, 4.69) is 17.6 Å². The lowest BCUT2D eigenvalue weighted by molar-refractivity contribution is -0.144. The van der Waals surface area contributed by atoms with Gasteiger partial charge in [0.25, 0.3) is 0 Å². The zero-order chi connectivity index (χ0) is 23.0. The molecular weight excluding hydrogens is 396 g/mol. The Kier molecular flexibility index (Phi) is 9.15. The maximum absolute atomic E-state index is 13.2. The predicted octanol–water partition coefficient (Wildman–Crippen LogP) is 3.09. The van der Waals surface area contributed by atoms with Crippen LogP contribution in [0.15, 0.2) is 24.3 Å². The van der Waals surface area contributed by atoms with Crippen LogP contribution in [0.5, 0.6) is 5.75 Å². The van der Waals surface area contributed by atoms with Crippen LogP contribution >= 0.6 is 0 Å². The number of nitrogens with one attached hydrogen (secondary N) is 2. The van der Waals surface area contributed by atoms with E-state index in [-0.39, 0.29) is 23.8 Å². The van der Waals surface area contributed by atoms with Crippen molar-refractivity contribution in [3.05, 3.63) is 24.3 Å². The maximum atomic E-state index is 13.2. The number of ether oxygens (including phenoxy) is 1. The van der Waals surface area contributed by atoms with E-state index in [1.165, 1.54) is 0 Å². The van der Waals surface area contributed by atoms with Crippen LogP contribution in [0.25, 0.3) is 0 Å². The third-order valence-electron chi connectivity index (χ3n) is 5.57. The molecule has 8 nitrogen and oxygen atoms in total. The van der Waals surface area contributed by atoms with E-state index in [4.69, 9.17) is 4.74 Å². The molecule has 0 spiro atoms. The van der Waals surface area contributed by atoms with Gasteiger partial charge in [-0.15, -0.1) is 0 Å². The first-order chi connectivity index (χ1) is 14.8. The molecule has 0 aromatic heterocycles. The van der Waals surface area contributed by atoms with Gasteiger partial charge in [0.1, 0.15) is 11.8 Å². The van der Waals surface area contributed by atoms with Crippen molar-refractivity contribution in [2.75, 3.05) is 32.1 Å². The molecule has 0 radical (unpaired) electrons. The molecule has 2 atom stereocenters. The summed E-state index contributed by atoms with van der Waals surface area (Å²) in [6, 6.07) is 5.86. The zero-order valence-electron chi connectivity index (χ0n) is 19.3. The van der Waals surface area contributed by atoms with Crippen LogP contribution < -0.4 is 15.4 Å². The van der Waals surface area contributed by atoms with E-state index in [1.54, 1.807) is 36.3 Å². The average molecular weight is 433 g/mol. The fourth-order valence-corrected chi connectivity index (χ4v) is 3.69. The van der Waals surface area contributed by atoms with Crippen LogP contribution in [0.3, 0.4) is 0 Å². The normalized spacial score (nSPS) is 17.3. The first kappa shape index (κ1) is 24.5. The number of nitrogens with zero attached hydrogens (tertiary/aromatic N) is 2. The van der Waals surface area contributed by atoms with Crippen LogP contribution in [0.4, 0.5) is 10.5 Å². The van der Waals surface area contributed by atoms with Gasteiger partial charge in [0.05, 0.1) is 7.11 Å². The summed E-state index contributed by atoms with van der Waals surface area (Å²) in [5.74, 6) is 0.655. The lowest BCUT2D eigenvalue weighted by Crippen LogP contribution is -2.60. The number of hydrogen-bond donors (Lipinski definition) is 2. The number of urea groups is 1. The molecule has 172 valence electrons. The van der Waals surface area contributed by atoms with Gasteiger partial charge in [-0.1, -0.05) is 27.2 Å². The van der Waals surface area contributed by atoms with Gasteiger partial charge in [-0.25, -0.2) is 4.79 Å². The third kappa shape index (κ3) is 6.87. The molecule has 2 unspecified atom stereocenters. The summed E-state index contributed by atoms with van der Waals surface area (Å²) in [6.45, 7) is 9.33. The molecule has 1 saturated heterocycles. The van der Waals surface area contributed by atoms with Crippen molar-refractivity contribution in [1.29, 1.82) is 0 Å². The summed E-state index contributed by atoms with van der Waals surface area (Å²) < 4.78 is 5.12. The fraction of sp³-hybridized carbons (Fsp3) is 0.609. The second kappa shape index (κ2) is 11.6. The van der Waals surface area contributed by atoms with Crippen LogP contribution in [0.1, 0.15) is 47.0 Å². The highest BCUT2D eigenvalue weighted by Crippen LogP contribution is 2.17. The molecule has 1 aliphatic heterocycles. The van der Waals surface area contributed by atoms with Crippen LogP contribution in [0.2, 0.25) is 0 Å². The molecule has 1 aliphatic rings. The second-order valence-corrected chi connectivity index (χ2v) is 8.37. The average Bonchev–Trinajstić information content (AvgIpc) is 2.75. The van der Waals surface area contributed by atoms with Crippen LogP contribution in [-0.4, -0.2) is 66.5 Å². The van der Waals surface area contributed by atoms with E-state index in [0.717, 1.165) is 12.8 Å². The number of unbranched alkanes of at least 4 members (excludes halogenated alkanes) is 1. The quantitative estimate of drug-likeness (QED) is 0.660. The Morgan fingerprint density at radius 2 is 1.84 bits per heavy atom. The molecule has 31 heavy (non-hydrogen) atoms. The van der Waals surface area contributed by atoms with Gasteiger partial charge in [-0.3, -0.25) is 9.59 Å². The van der Waals surface area contributed by atoms with Gasteiger partial charge in [0.15, 0.2) is 0 Å². The molecular formula is C23H36N4O4. The number of piperazine rings is 1. The smallest absolute Gasteiger partial charge is 0.319 e. The SMILES string of the molecule is CCCCC(=O)N1CCN(C(=O)C(NC(=O)Nc2ccc(OC)cc2)C(C)C)CC1C. The Labute approximate surface area is 185 Å². The molecule has 1 aromatic carbocycles. The van der Waals surface area contributed by atoms with Gasteiger partial charge >= 0.3 is 6.03 Å². The molecule has 1 aromatic rings. The van der Waals surface area contributed by atoms with Crippen molar-refractivity contribution >= 4 is 23.5 Å². The minimum absolute atomic E-state index is 0.0389. The van der Waals surface area contributed by atoms with E-state index in [1.807, 2.05) is 25.7 Å². The molecule has 8 heteroatoms. The van der Waals surface area contributed by atoms with Gasteiger partial charge in [-0.2, -0.15) is 0 Å². The van der Waals surface area contributed by atoms with Crippen molar-refractivity contribution in [2.45, 2.75) is 59.0 Å². The minimum atomic E-state index is -0.646. The summed E-state index contributed by atoms with van der Waals surface area (Å²) in [7, 11) is 1.58. The summed E-state index contributed by atoms with van der Waals surface area (Å²) in [4.78, 5) is 41.7. The Bertz CT molecular complexity index is 750. The lowest BCUT2D eigenvalue weighted by Gasteiger charge is -2.41. The molecule has 4 amide bonds. The highest BCUT2D eigenvalue weighted by molar-refractivity contribution is 5.94. The fourth-order valence-electron chi connectivity index (χ4n) is 3.69. The topological polar surface area (TPSA) is 91.0 Å². The first-order valence-corrected chi connectivity index (χ1v) is 11.1. The summed E-state index contributed by atoms with van der Waals surface area (Å²) in [5, 5.41) is 5.57. The Morgan fingerprint density at radius 1 is 1.16 bits per heavy atom. The molecule has 1 heterocycles. The number of benzene rings is 1. The van der Waals surface area contributed by atoms with Crippen LogP contribution in [-0.2, 0) is 9.59 Å².